The van der Waals surface area contributed by atoms with Gasteiger partial charge in [0, 0.05) is 22.9 Å². The molecule has 2 amide bonds. The normalized spacial score (nSPS) is 20.3. The van der Waals surface area contributed by atoms with E-state index in [0.717, 1.165) is 5.52 Å². The zero-order valence-corrected chi connectivity index (χ0v) is 20.7. The Labute approximate surface area is 213 Å². The van der Waals surface area contributed by atoms with Crippen molar-refractivity contribution in [1.29, 1.82) is 0 Å². The van der Waals surface area contributed by atoms with E-state index in [-0.39, 0.29) is 11.7 Å². The number of carbonyl (C=O) groups is 2. The van der Waals surface area contributed by atoms with Crippen molar-refractivity contribution in [2.75, 3.05) is 4.90 Å². The number of halogens is 4. The Kier molecular flexibility index (Phi) is 6.04. The maximum atomic E-state index is 13.7. The number of benzene rings is 2. The predicted molar refractivity (Wildman–Crippen MR) is 132 cm³/mol. The fourth-order valence-electron chi connectivity index (χ4n) is 4.46. The molecule has 186 valence electrons. The Morgan fingerprint density at radius 1 is 1.11 bits per heavy atom. The molecule has 3 heterocycles. The smallest absolute Gasteiger partial charge is 0.321 e. The number of alkyl halides is 2. The second-order valence-corrected chi connectivity index (χ2v) is 10.5. The highest BCUT2D eigenvalue weighted by Gasteiger charge is 2.50. The highest BCUT2D eigenvalue weighted by Crippen LogP contribution is 2.44. The number of hydrogen-bond donors (Lipinski definition) is 1. The van der Waals surface area contributed by atoms with Crippen LogP contribution in [0, 0.1) is 11.7 Å². The number of fused-ring (bicyclic) bond motifs is 1. The molecule has 36 heavy (non-hydrogen) atoms. The SMILES string of the molecule is C[C@H]1C(=O)N(c2ccc3c(cnn3-c3ccc(F)cc3)c2)[C@H](c2ccc(Cl)s2)[C@H]1NC(=O)C(C)(F)F. The van der Waals surface area contributed by atoms with Gasteiger partial charge in [-0.05, 0) is 54.6 Å². The van der Waals surface area contributed by atoms with E-state index in [9.17, 15) is 22.8 Å². The minimum atomic E-state index is -3.60. The van der Waals surface area contributed by atoms with E-state index in [1.54, 1.807) is 60.3 Å². The summed E-state index contributed by atoms with van der Waals surface area (Å²) in [4.78, 5) is 27.8. The molecule has 0 radical (unpaired) electrons. The number of rotatable bonds is 5. The van der Waals surface area contributed by atoms with Crippen molar-refractivity contribution >= 4 is 51.3 Å². The number of nitrogens with zero attached hydrogens (tertiary/aromatic N) is 3. The molecule has 1 aliphatic heterocycles. The van der Waals surface area contributed by atoms with Gasteiger partial charge in [-0.2, -0.15) is 13.9 Å². The minimum absolute atomic E-state index is 0.320. The summed E-state index contributed by atoms with van der Waals surface area (Å²) >= 11 is 7.37. The number of hydrogen-bond acceptors (Lipinski definition) is 4. The van der Waals surface area contributed by atoms with Crippen LogP contribution in [0.4, 0.5) is 18.9 Å². The van der Waals surface area contributed by atoms with E-state index >= 15 is 0 Å². The van der Waals surface area contributed by atoms with E-state index in [1.165, 1.54) is 28.4 Å². The van der Waals surface area contributed by atoms with Crippen LogP contribution in [0.3, 0.4) is 0 Å². The first-order valence-corrected chi connectivity index (χ1v) is 12.2. The monoisotopic (exact) mass is 532 g/mol. The number of thiophene rings is 1. The van der Waals surface area contributed by atoms with Crippen molar-refractivity contribution in [3.63, 3.8) is 0 Å². The van der Waals surface area contributed by atoms with E-state index < -0.39 is 29.8 Å². The minimum Gasteiger partial charge on any atom is -0.345 e. The van der Waals surface area contributed by atoms with Gasteiger partial charge < -0.3 is 10.2 Å². The van der Waals surface area contributed by atoms with Crippen LogP contribution in [-0.2, 0) is 9.59 Å². The van der Waals surface area contributed by atoms with Gasteiger partial charge in [0.25, 0.3) is 5.91 Å². The van der Waals surface area contributed by atoms with Gasteiger partial charge in [0.05, 0.1) is 39.7 Å². The number of anilines is 1. The lowest BCUT2D eigenvalue weighted by Crippen LogP contribution is -2.47. The molecule has 4 aromatic rings. The summed E-state index contributed by atoms with van der Waals surface area (Å²) in [5.74, 6) is -6.49. The van der Waals surface area contributed by atoms with Crippen molar-refractivity contribution in [3.05, 3.63) is 75.8 Å². The molecule has 0 spiro atoms. The molecule has 2 aromatic heterocycles. The summed E-state index contributed by atoms with van der Waals surface area (Å²) in [6.45, 7) is 2.12. The summed E-state index contributed by atoms with van der Waals surface area (Å²) in [6, 6.07) is 12.9. The molecule has 0 bridgehead atoms. The van der Waals surface area contributed by atoms with Crippen LogP contribution in [0.1, 0.15) is 24.8 Å². The molecule has 2 aromatic carbocycles. The molecule has 3 atom stereocenters. The molecular formula is C25H20ClF3N4O2S. The standard InChI is InChI=1S/C25H20ClF3N4O2S/c1-13-21(31-24(35)25(2,28)29)22(19-9-10-20(26)36-19)32(23(13)34)17-7-8-18-14(11-17)12-30-33(18)16-5-3-15(27)4-6-16/h3-13,21-22H,1-2H3,(H,31,35)/t13-,21+,22-/m1/s1. The molecule has 1 saturated heterocycles. The lowest BCUT2D eigenvalue weighted by molar-refractivity contribution is -0.144. The largest absolute Gasteiger partial charge is 0.345 e. The second-order valence-electron chi connectivity index (χ2n) is 8.75. The Morgan fingerprint density at radius 3 is 2.44 bits per heavy atom. The summed E-state index contributed by atoms with van der Waals surface area (Å²) in [5, 5.41) is 7.50. The number of carbonyl (C=O) groups excluding carboxylic acids is 2. The van der Waals surface area contributed by atoms with Gasteiger partial charge in [0.15, 0.2) is 0 Å². The Hall–Kier alpha value is -3.37. The molecule has 1 aliphatic rings. The average Bonchev–Trinajstić information content (AvgIpc) is 3.51. The zero-order chi connectivity index (χ0) is 25.8. The van der Waals surface area contributed by atoms with Crippen LogP contribution in [0.25, 0.3) is 16.6 Å². The Balaban J connectivity index is 1.56. The topological polar surface area (TPSA) is 67.2 Å². The molecule has 0 aliphatic carbocycles. The van der Waals surface area contributed by atoms with Gasteiger partial charge in [-0.25, -0.2) is 9.07 Å². The highest BCUT2D eigenvalue weighted by molar-refractivity contribution is 7.16. The maximum absolute atomic E-state index is 13.7. The first kappa shape index (κ1) is 24.3. The van der Waals surface area contributed by atoms with E-state index in [2.05, 4.69) is 10.4 Å². The van der Waals surface area contributed by atoms with Gasteiger partial charge in [0.2, 0.25) is 5.91 Å². The fraction of sp³-hybridized carbons (Fsp3) is 0.240. The molecule has 6 nitrogen and oxygen atoms in total. The van der Waals surface area contributed by atoms with Crippen LogP contribution >= 0.6 is 22.9 Å². The fourth-order valence-corrected chi connectivity index (χ4v) is 5.66. The zero-order valence-electron chi connectivity index (χ0n) is 19.1. The van der Waals surface area contributed by atoms with Gasteiger partial charge in [-0.3, -0.25) is 9.59 Å². The van der Waals surface area contributed by atoms with Crippen molar-refractivity contribution in [3.8, 4) is 5.69 Å². The lowest BCUT2D eigenvalue weighted by atomic mass is 9.98. The molecule has 11 heteroatoms. The molecule has 1 fully saturated rings. The number of nitrogens with one attached hydrogen (secondary N) is 1. The van der Waals surface area contributed by atoms with Gasteiger partial charge >= 0.3 is 5.92 Å². The quantitative estimate of drug-likeness (QED) is 0.356. The van der Waals surface area contributed by atoms with Gasteiger partial charge in [0.1, 0.15) is 5.82 Å². The Morgan fingerprint density at radius 2 is 1.81 bits per heavy atom. The third kappa shape index (κ3) is 4.24. The molecule has 0 saturated carbocycles. The van der Waals surface area contributed by atoms with Crippen molar-refractivity contribution in [1.82, 2.24) is 15.1 Å². The van der Waals surface area contributed by atoms with E-state index in [1.807, 2.05) is 0 Å². The molecule has 5 rings (SSSR count). The first-order valence-electron chi connectivity index (χ1n) is 11.1. The van der Waals surface area contributed by atoms with Crippen LogP contribution in [0.5, 0.6) is 0 Å². The highest BCUT2D eigenvalue weighted by atomic mass is 35.5. The summed E-state index contributed by atoms with van der Waals surface area (Å²) in [6.07, 6.45) is 1.63. The van der Waals surface area contributed by atoms with Crippen molar-refractivity contribution in [2.45, 2.75) is 31.9 Å². The van der Waals surface area contributed by atoms with Gasteiger partial charge in [-0.15, -0.1) is 11.3 Å². The van der Waals surface area contributed by atoms with Crippen molar-refractivity contribution < 1.29 is 22.8 Å². The third-order valence-electron chi connectivity index (χ3n) is 6.27. The van der Waals surface area contributed by atoms with Crippen LogP contribution in [0.2, 0.25) is 4.34 Å². The summed E-state index contributed by atoms with van der Waals surface area (Å²) in [7, 11) is 0. The molecular weight excluding hydrogens is 513 g/mol. The van der Waals surface area contributed by atoms with Crippen molar-refractivity contribution in [2.24, 2.45) is 5.92 Å². The van der Waals surface area contributed by atoms with Crippen LogP contribution in [-0.4, -0.2) is 33.6 Å². The van der Waals surface area contributed by atoms with E-state index in [0.29, 0.717) is 32.9 Å². The summed E-state index contributed by atoms with van der Waals surface area (Å²) in [5.41, 5.74) is 1.92. The second kappa shape index (κ2) is 8.94. The third-order valence-corrected chi connectivity index (χ3v) is 7.57. The maximum Gasteiger partial charge on any atom is 0.321 e. The van der Waals surface area contributed by atoms with Gasteiger partial charge in [-0.1, -0.05) is 18.5 Å². The number of amides is 2. The van der Waals surface area contributed by atoms with Crippen LogP contribution < -0.4 is 10.2 Å². The predicted octanol–water partition coefficient (Wildman–Crippen LogP) is 5.74. The first-order chi connectivity index (χ1) is 17.0. The summed E-state index contributed by atoms with van der Waals surface area (Å²) < 4.78 is 42.9. The Bertz CT molecular complexity index is 1460. The molecule has 0 unspecified atom stereocenters. The van der Waals surface area contributed by atoms with E-state index in [4.69, 9.17) is 11.6 Å². The molecule has 1 N–H and O–H groups in total. The lowest BCUT2D eigenvalue weighted by Gasteiger charge is -2.29. The average molecular weight is 533 g/mol. The van der Waals surface area contributed by atoms with Crippen LogP contribution in [0.15, 0.2) is 60.8 Å². The number of aromatic nitrogens is 2.